The zero-order chi connectivity index (χ0) is 20.9. The highest BCUT2D eigenvalue weighted by atomic mass is 16.5. The van der Waals surface area contributed by atoms with Crippen LogP contribution in [-0.2, 0) is 20.7 Å². The van der Waals surface area contributed by atoms with Gasteiger partial charge in [0.15, 0.2) is 6.10 Å². The molecule has 0 radical (unpaired) electrons. The van der Waals surface area contributed by atoms with Crippen LogP contribution in [0.1, 0.15) is 36.6 Å². The summed E-state index contributed by atoms with van der Waals surface area (Å²) in [7, 11) is 1.61. The molecular weight excluding hydrogens is 382 g/mol. The standard InChI is InChI=1S/C23H27N3O4/c1-29-19-11-7-16(8-12-19)21-22(30-15-20(27)26(21)18-9-10-18)23(28)25-14-4-6-17-5-2-3-13-24-17/h2-3,5,7-8,11-13,18,21-22H,4,6,9-10,14-15H2,1H3,(H,25,28)/t21-,22+/m1/s1. The summed E-state index contributed by atoms with van der Waals surface area (Å²) >= 11 is 0. The number of benzene rings is 1. The Bertz CT molecular complexity index is 868. The van der Waals surface area contributed by atoms with E-state index in [9.17, 15) is 9.59 Å². The van der Waals surface area contributed by atoms with E-state index in [-0.39, 0.29) is 24.5 Å². The first kappa shape index (κ1) is 20.3. The van der Waals surface area contributed by atoms with Gasteiger partial charge in [0, 0.05) is 24.5 Å². The number of rotatable bonds is 8. The molecule has 4 rings (SSSR count). The van der Waals surface area contributed by atoms with Crippen LogP contribution in [0.4, 0.5) is 0 Å². The third-order valence-corrected chi connectivity index (χ3v) is 5.55. The number of nitrogens with one attached hydrogen (secondary N) is 1. The monoisotopic (exact) mass is 409 g/mol. The van der Waals surface area contributed by atoms with E-state index in [0.29, 0.717) is 6.54 Å². The first-order valence-corrected chi connectivity index (χ1v) is 10.4. The zero-order valence-electron chi connectivity index (χ0n) is 17.1. The van der Waals surface area contributed by atoms with Gasteiger partial charge in [-0.25, -0.2) is 0 Å². The summed E-state index contributed by atoms with van der Waals surface area (Å²) in [4.78, 5) is 31.8. The van der Waals surface area contributed by atoms with E-state index in [1.165, 1.54) is 0 Å². The molecule has 2 aliphatic rings. The van der Waals surface area contributed by atoms with Gasteiger partial charge < -0.3 is 19.7 Å². The number of amides is 2. The van der Waals surface area contributed by atoms with E-state index >= 15 is 0 Å². The number of methoxy groups -OCH3 is 1. The molecule has 2 atom stereocenters. The van der Waals surface area contributed by atoms with Gasteiger partial charge in [-0.1, -0.05) is 18.2 Å². The first-order valence-electron chi connectivity index (χ1n) is 10.4. The molecule has 1 aromatic carbocycles. The second-order valence-electron chi connectivity index (χ2n) is 7.70. The number of carbonyl (C=O) groups excluding carboxylic acids is 2. The Morgan fingerprint density at radius 2 is 2.03 bits per heavy atom. The highest BCUT2D eigenvalue weighted by Crippen LogP contribution is 2.39. The number of hydrogen-bond acceptors (Lipinski definition) is 5. The third-order valence-electron chi connectivity index (χ3n) is 5.55. The quantitative estimate of drug-likeness (QED) is 0.677. The van der Waals surface area contributed by atoms with Crippen molar-refractivity contribution in [1.82, 2.24) is 15.2 Å². The fourth-order valence-corrected chi connectivity index (χ4v) is 3.89. The minimum atomic E-state index is -0.730. The van der Waals surface area contributed by atoms with Crippen LogP contribution < -0.4 is 10.1 Å². The van der Waals surface area contributed by atoms with Crippen molar-refractivity contribution < 1.29 is 19.1 Å². The molecule has 1 saturated carbocycles. The Labute approximate surface area is 176 Å². The predicted molar refractivity (Wildman–Crippen MR) is 111 cm³/mol. The van der Waals surface area contributed by atoms with Crippen LogP contribution in [0.25, 0.3) is 0 Å². The number of aryl methyl sites for hydroxylation is 1. The Hall–Kier alpha value is -2.93. The van der Waals surface area contributed by atoms with Gasteiger partial charge in [-0.05, 0) is 55.5 Å². The van der Waals surface area contributed by atoms with Gasteiger partial charge in [0.1, 0.15) is 12.4 Å². The second kappa shape index (κ2) is 9.26. The summed E-state index contributed by atoms with van der Waals surface area (Å²) in [6.45, 7) is 0.469. The SMILES string of the molecule is COc1ccc([C@@H]2[C@@H](C(=O)NCCCc3ccccn3)OCC(=O)N2C2CC2)cc1. The predicted octanol–water partition coefficient (Wildman–Crippen LogP) is 2.27. The zero-order valence-corrected chi connectivity index (χ0v) is 17.1. The lowest BCUT2D eigenvalue weighted by atomic mass is 9.96. The summed E-state index contributed by atoms with van der Waals surface area (Å²) in [5.41, 5.74) is 1.88. The summed E-state index contributed by atoms with van der Waals surface area (Å²) in [6.07, 6.45) is 4.56. The number of morpholine rings is 1. The van der Waals surface area contributed by atoms with Crippen LogP contribution >= 0.6 is 0 Å². The van der Waals surface area contributed by atoms with E-state index in [1.807, 2.05) is 47.4 Å². The molecule has 1 aliphatic carbocycles. The molecule has 30 heavy (non-hydrogen) atoms. The fraction of sp³-hybridized carbons (Fsp3) is 0.435. The molecule has 2 fully saturated rings. The van der Waals surface area contributed by atoms with Gasteiger partial charge in [0.25, 0.3) is 5.91 Å². The number of hydrogen-bond donors (Lipinski definition) is 1. The van der Waals surface area contributed by atoms with Crippen molar-refractivity contribution in [3.63, 3.8) is 0 Å². The highest BCUT2D eigenvalue weighted by Gasteiger charge is 2.47. The summed E-state index contributed by atoms with van der Waals surface area (Å²) in [6, 6.07) is 13.1. The van der Waals surface area contributed by atoms with Crippen LogP contribution in [-0.4, -0.2) is 54.1 Å². The molecule has 1 saturated heterocycles. The number of ether oxygens (including phenoxy) is 2. The number of aromatic nitrogens is 1. The molecule has 1 N–H and O–H groups in total. The maximum Gasteiger partial charge on any atom is 0.251 e. The van der Waals surface area contributed by atoms with Gasteiger partial charge in [0.05, 0.1) is 13.2 Å². The Morgan fingerprint density at radius 3 is 2.70 bits per heavy atom. The highest BCUT2D eigenvalue weighted by molar-refractivity contribution is 5.86. The molecule has 0 spiro atoms. The van der Waals surface area contributed by atoms with Crippen molar-refractivity contribution >= 4 is 11.8 Å². The fourth-order valence-electron chi connectivity index (χ4n) is 3.89. The van der Waals surface area contributed by atoms with Crippen molar-refractivity contribution in [3.05, 3.63) is 59.9 Å². The topological polar surface area (TPSA) is 80.8 Å². The normalized spacial score (nSPS) is 21.4. The van der Waals surface area contributed by atoms with Crippen LogP contribution in [0.5, 0.6) is 5.75 Å². The van der Waals surface area contributed by atoms with Crippen LogP contribution in [0.3, 0.4) is 0 Å². The van der Waals surface area contributed by atoms with E-state index in [0.717, 1.165) is 42.7 Å². The molecule has 2 amide bonds. The van der Waals surface area contributed by atoms with E-state index in [4.69, 9.17) is 9.47 Å². The van der Waals surface area contributed by atoms with Crippen molar-refractivity contribution in [2.45, 2.75) is 43.9 Å². The Morgan fingerprint density at radius 1 is 1.23 bits per heavy atom. The summed E-state index contributed by atoms with van der Waals surface area (Å²) in [5, 5.41) is 2.99. The molecule has 1 aliphatic heterocycles. The second-order valence-corrected chi connectivity index (χ2v) is 7.70. The Kier molecular flexibility index (Phi) is 6.28. The number of nitrogens with zero attached hydrogens (tertiary/aromatic N) is 2. The molecule has 7 heteroatoms. The maximum absolute atomic E-state index is 13.0. The van der Waals surface area contributed by atoms with Crippen molar-refractivity contribution in [2.24, 2.45) is 0 Å². The smallest absolute Gasteiger partial charge is 0.251 e. The molecular formula is C23H27N3O4. The molecule has 0 bridgehead atoms. The minimum Gasteiger partial charge on any atom is -0.497 e. The molecule has 2 heterocycles. The van der Waals surface area contributed by atoms with Crippen LogP contribution in [0, 0.1) is 0 Å². The van der Waals surface area contributed by atoms with Crippen molar-refractivity contribution in [3.8, 4) is 5.75 Å². The Balaban J connectivity index is 1.44. The molecule has 7 nitrogen and oxygen atoms in total. The van der Waals surface area contributed by atoms with Gasteiger partial charge in [-0.2, -0.15) is 0 Å². The van der Waals surface area contributed by atoms with Gasteiger partial charge in [0.2, 0.25) is 5.91 Å². The van der Waals surface area contributed by atoms with Gasteiger partial charge in [-0.3, -0.25) is 14.6 Å². The van der Waals surface area contributed by atoms with E-state index < -0.39 is 12.1 Å². The lowest BCUT2D eigenvalue weighted by Gasteiger charge is -2.40. The van der Waals surface area contributed by atoms with Crippen molar-refractivity contribution in [2.75, 3.05) is 20.3 Å². The van der Waals surface area contributed by atoms with Crippen LogP contribution in [0.2, 0.25) is 0 Å². The van der Waals surface area contributed by atoms with Crippen molar-refractivity contribution in [1.29, 1.82) is 0 Å². The van der Waals surface area contributed by atoms with E-state index in [1.54, 1.807) is 13.3 Å². The lowest BCUT2D eigenvalue weighted by Crippen LogP contribution is -2.55. The molecule has 1 aromatic heterocycles. The molecule has 2 aromatic rings. The lowest BCUT2D eigenvalue weighted by molar-refractivity contribution is -0.165. The average Bonchev–Trinajstić information content (AvgIpc) is 3.62. The minimum absolute atomic E-state index is 0.0579. The summed E-state index contributed by atoms with van der Waals surface area (Å²) < 4.78 is 11.0. The number of pyridine rings is 1. The van der Waals surface area contributed by atoms with Gasteiger partial charge in [-0.15, -0.1) is 0 Å². The first-order chi connectivity index (χ1) is 14.7. The molecule has 158 valence electrons. The van der Waals surface area contributed by atoms with Crippen LogP contribution in [0.15, 0.2) is 48.7 Å². The third kappa shape index (κ3) is 4.62. The summed E-state index contributed by atoms with van der Waals surface area (Å²) in [5.74, 6) is 0.489. The largest absolute Gasteiger partial charge is 0.497 e. The number of carbonyl (C=O) groups is 2. The van der Waals surface area contributed by atoms with E-state index in [2.05, 4.69) is 10.3 Å². The maximum atomic E-state index is 13.0. The molecule has 0 unspecified atom stereocenters. The van der Waals surface area contributed by atoms with Gasteiger partial charge >= 0.3 is 0 Å². The average molecular weight is 409 g/mol.